The number of aromatic amines is 1. The Balaban J connectivity index is 0.000000429. The summed E-state index contributed by atoms with van der Waals surface area (Å²) in [6.07, 6.45) is -3.28. The van der Waals surface area contributed by atoms with E-state index in [1.165, 1.54) is 29.2 Å². The molecule has 0 saturated heterocycles. The van der Waals surface area contributed by atoms with Gasteiger partial charge in [0.15, 0.2) is 0 Å². The van der Waals surface area contributed by atoms with Gasteiger partial charge in [0.25, 0.3) is 0 Å². The lowest BCUT2D eigenvalue weighted by atomic mass is 10.2. The van der Waals surface area contributed by atoms with Gasteiger partial charge in [-0.1, -0.05) is 24.3 Å². The van der Waals surface area contributed by atoms with Gasteiger partial charge in [-0.2, -0.15) is 13.2 Å². The summed E-state index contributed by atoms with van der Waals surface area (Å²) >= 11 is 2.54. The minimum atomic E-state index is -5.08. The maximum atomic E-state index is 13.3. The van der Waals surface area contributed by atoms with Gasteiger partial charge in [-0.25, -0.2) is 18.2 Å². The lowest BCUT2D eigenvalue weighted by Crippen LogP contribution is -2.21. The number of carbonyl (C=O) groups is 1. The summed E-state index contributed by atoms with van der Waals surface area (Å²) in [5.74, 6) is -2.29. The first-order valence-electron chi connectivity index (χ1n) is 9.47. The van der Waals surface area contributed by atoms with Crippen LogP contribution in [-0.4, -0.2) is 47.7 Å². The number of rotatable bonds is 5. The number of hydrogen-bond acceptors (Lipinski definition) is 7. The summed E-state index contributed by atoms with van der Waals surface area (Å²) in [6.45, 7) is 0. The molecule has 0 unspecified atom stereocenters. The zero-order valence-corrected chi connectivity index (χ0v) is 20.2. The maximum Gasteiger partial charge on any atom is 0.490 e. The van der Waals surface area contributed by atoms with Crippen LogP contribution < -0.4 is 5.73 Å². The van der Waals surface area contributed by atoms with Crippen molar-refractivity contribution < 1.29 is 31.5 Å². The minimum absolute atomic E-state index is 0.141. The van der Waals surface area contributed by atoms with E-state index in [4.69, 9.17) is 21.0 Å². The fourth-order valence-corrected chi connectivity index (χ4v) is 6.75. The van der Waals surface area contributed by atoms with E-state index in [2.05, 4.69) is 9.97 Å². The molecule has 0 aliphatic rings. The van der Waals surface area contributed by atoms with Crippen LogP contribution in [-0.2, 0) is 14.6 Å². The fourth-order valence-electron chi connectivity index (χ4n) is 2.85. The molecule has 0 atom stereocenters. The molecule has 4 rings (SSSR count). The molecule has 0 spiro atoms. The van der Waals surface area contributed by atoms with E-state index in [1.807, 2.05) is 30.3 Å². The number of alkyl halides is 3. The van der Waals surface area contributed by atoms with Gasteiger partial charge in [0.2, 0.25) is 9.84 Å². The van der Waals surface area contributed by atoms with E-state index in [-0.39, 0.29) is 15.6 Å². The van der Waals surface area contributed by atoms with Crippen LogP contribution in [0.1, 0.15) is 4.88 Å². The largest absolute Gasteiger partial charge is 0.490 e. The van der Waals surface area contributed by atoms with Crippen LogP contribution in [0.25, 0.3) is 22.4 Å². The number of nitrogen functional groups attached to an aromatic ring is 1. The van der Waals surface area contributed by atoms with Crippen molar-refractivity contribution in [2.75, 3.05) is 6.26 Å². The van der Waals surface area contributed by atoms with E-state index in [0.29, 0.717) is 20.5 Å². The number of thiophene rings is 1. The summed E-state index contributed by atoms with van der Waals surface area (Å²) in [5.41, 5.74) is 7.94. The predicted octanol–water partition coefficient (Wildman–Crippen LogP) is 4.76. The zero-order valence-electron chi connectivity index (χ0n) is 17.8. The zero-order chi connectivity index (χ0) is 26.0. The van der Waals surface area contributed by atoms with Crippen LogP contribution in [0, 0.1) is 5.41 Å². The number of para-hydroxylation sites is 2. The molecule has 0 bridgehead atoms. The number of thioether (sulfide) groups is 1. The van der Waals surface area contributed by atoms with Crippen molar-refractivity contribution in [2.45, 2.75) is 20.2 Å². The predicted molar refractivity (Wildman–Crippen MR) is 128 cm³/mol. The molecular weight excluding hydrogens is 525 g/mol. The number of nitrogens with zero attached hydrogens (tertiary/aromatic N) is 1. The summed E-state index contributed by atoms with van der Waals surface area (Å²) < 4.78 is 58.9. The number of carboxylic acids is 1. The molecule has 184 valence electrons. The molecule has 0 aliphatic carbocycles. The van der Waals surface area contributed by atoms with Crippen molar-refractivity contribution in [2.24, 2.45) is 5.73 Å². The van der Waals surface area contributed by atoms with Crippen molar-refractivity contribution in [3.05, 3.63) is 59.5 Å². The second-order valence-electron chi connectivity index (χ2n) is 6.82. The van der Waals surface area contributed by atoms with Gasteiger partial charge in [-0.05, 0) is 36.6 Å². The first kappa shape index (κ1) is 26.2. The number of aliphatic carboxylic acids is 1. The van der Waals surface area contributed by atoms with Gasteiger partial charge in [-0.3, -0.25) is 5.41 Å². The van der Waals surface area contributed by atoms with Crippen LogP contribution in [0.4, 0.5) is 13.2 Å². The Hall–Kier alpha value is -3.36. The number of sulfone groups is 1. The summed E-state index contributed by atoms with van der Waals surface area (Å²) in [7, 11) is -3.76. The first-order chi connectivity index (χ1) is 16.3. The van der Waals surface area contributed by atoms with Gasteiger partial charge in [0, 0.05) is 5.56 Å². The number of carboxylic acid groups (broad SMARTS) is 1. The second-order valence-corrected chi connectivity index (χ2v) is 10.9. The van der Waals surface area contributed by atoms with Gasteiger partial charge >= 0.3 is 12.1 Å². The smallest absolute Gasteiger partial charge is 0.475 e. The van der Waals surface area contributed by atoms with Gasteiger partial charge < -0.3 is 15.8 Å². The highest BCUT2D eigenvalue weighted by Crippen LogP contribution is 2.37. The summed E-state index contributed by atoms with van der Waals surface area (Å²) in [5, 5.41) is 14.7. The molecular formula is C21H17F3N4O4S3. The monoisotopic (exact) mass is 542 g/mol. The normalized spacial score (nSPS) is 11.7. The van der Waals surface area contributed by atoms with Crippen LogP contribution in [0.3, 0.4) is 0 Å². The molecule has 2 aromatic carbocycles. The third-order valence-corrected chi connectivity index (χ3v) is 8.79. The van der Waals surface area contributed by atoms with Gasteiger partial charge in [0.1, 0.15) is 11.7 Å². The summed E-state index contributed by atoms with van der Waals surface area (Å²) in [6, 6.07) is 15.8. The maximum absolute atomic E-state index is 13.3. The van der Waals surface area contributed by atoms with Crippen molar-refractivity contribution in [1.29, 1.82) is 5.41 Å². The fraction of sp³-hybridized carbons (Fsp3) is 0.0952. The number of aromatic nitrogens is 2. The highest BCUT2D eigenvalue weighted by molar-refractivity contribution is 8.01. The average molecular weight is 543 g/mol. The molecule has 14 heteroatoms. The Morgan fingerprint density at radius 3 is 2.40 bits per heavy atom. The molecule has 0 aliphatic heterocycles. The lowest BCUT2D eigenvalue weighted by Gasteiger charge is -2.06. The van der Waals surface area contributed by atoms with Crippen LogP contribution in [0.5, 0.6) is 0 Å². The molecule has 0 fully saturated rings. The van der Waals surface area contributed by atoms with E-state index < -0.39 is 22.0 Å². The third-order valence-electron chi connectivity index (χ3n) is 4.46. The Bertz CT molecular complexity index is 1480. The Labute approximate surface area is 205 Å². The lowest BCUT2D eigenvalue weighted by molar-refractivity contribution is -0.192. The van der Waals surface area contributed by atoms with Crippen LogP contribution in [0.2, 0.25) is 0 Å². The van der Waals surface area contributed by atoms with Crippen LogP contribution in [0.15, 0.2) is 68.6 Å². The van der Waals surface area contributed by atoms with Crippen LogP contribution >= 0.6 is 23.1 Å². The van der Waals surface area contributed by atoms with E-state index in [0.717, 1.165) is 11.0 Å². The van der Waals surface area contributed by atoms with Gasteiger partial charge in [0.05, 0.1) is 29.9 Å². The molecule has 35 heavy (non-hydrogen) atoms. The SMILES string of the molecule is CSc1sc(C(=N)N)cc1S(=O)(=O)c1cccc(-c2nc3ccccc3[nH]2)c1.O=C(O)C(F)(F)F. The Morgan fingerprint density at radius 2 is 1.83 bits per heavy atom. The highest BCUT2D eigenvalue weighted by Gasteiger charge is 2.38. The molecule has 8 nitrogen and oxygen atoms in total. The molecule has 2 heterocycles. The Morgan fingerprint density at radius 1 is 1.17 bits per heavy atom. The third kappa shape index (κ3) is 5.83. The average Bonchev–Trinajstić information content (AvgIpc) is 3.44. The van der Waals surface area contributed by atoms with Crippen molar-refractivity contribution in [3.63, 3.8) is 0 Å². The number of nitrogens with one attached hydrogen (secondary N) is 2. The van der Waals surface area contributed by atoms with E-state index in [9.17, 15) is 21.6 Å². The summed E-state index contributed by atoms with van der Waals surface area (Å²) in [4.78, 5) is 17.5. The number of H-pyrrole nitrogens is 1. The van der Waals surface area contributed by atoms with Crippen molar-refractivity contribution in [1.82, 2.24) is 9.97 Å². The number of nitrogens with two attached hydrogens (primary N) is 1. The molecule has 0 amide bonds. The molecule has 4 aromatic rings. The van der Waals surface area contributed by atoms with Gasteiger partial charge in [-0.15, -0.1) is 23.1 Å². The minimum Gasteiger partial charge on any atom is -0.475 e. The van der Waals surface area contributed by atoms with E-state index in [1.54, 1.807) is 24.5 Å². The second kappa shape index (κ2) is 10.1. The molecule has 0 radical (unpaired) electrons. The molecule has 0 saturated carbocycles. The van der Waals surface area contributed by atoms with E-state index >= 15 is 0 Å². The first-order valence-corrected chi connectivity index (χ1v) is 13.0. The number of imidazole rings is 1. The number of hydrogen-bond donors (Lipinski definition) is 4. The Kier molecular flexibility index (Phi) is 7.57. The van der Waals surface area contributed by atoms with Crippen molar-refractivity contribution in [3.8, 4) is 11.4 Å². The number of benzene rings is 2. The molecule has 5 N–H and O–H groups in total. The number of fused-ring (bicyclic) bond motifs is 1. The molecule has 2 aromatic heterocycles. The highest BCUT2D eigenvalue weighted by atomic mass is 32.2. The number of amidine groups is 1. The van der Waals surface area contributed by atoms with Crippen molar-refractivity contribution >= 4 is 55.8 Å². The number of halogens is 3. The topological polar surface area (TPSA) is 150 Å². The standard InChI is InChI=1S/C19H16N4O2S3.C2HF3O2/c1-26-19-16(10-15(27-19)17(20)21)28(24,25)12-6-4-5-11(9-12)18-22-13-7-2-3-8-14(13)23-18;3-2(4,5)1(6)7/h2-10H,1H3,(H3,20,21)(H,22,23);(H,6,7). The quantitative estimate of drug-likeness (QED) is 0.161.